The number of halogens is 3. The molecule has 0 aliphatic rings. The minimum atomic E-state index is -4.29. The first kappa shape index (κ1) is 12.0. The van der Waals surface area contributed by atoms with Gasteiger partial charge in [-0.05, 0) is 23.5 Å². The van der Waals surface area contributed by atoms with E-state index >= 15 is 0 Å². The molecule has 1 heterocycles. The third kappa shape index (κ3) is 2.70. The molecule has 0 amide bonds. The van der Waals surface area contributed by atoms with Crippen molar-refractivity contribution in [1.29, 1.82) is 0 Å². The molecule has 0 radical (unpaired) electrons. The standard InChI is InChI=1S/C11H14F3N/c1-7(2)8(3)9-6-15-5-4-10(9)11(12,13)14/h4-8H,1-3H3. The van der Waals surface area contributed by atoms with Crippen LogP contribution in [0.25, 0.3) is 0 Å². The molecular weight excluding hydrogens is 203 g/mol. The molecule has 15 heavy (non-hydrogen) atoms. The van der Waals surface area contributed by atoms with Gasteiger partial charge in [0, 0.05) is 12.4 Å². The molecule has 0 bridgehead atoms. The van der Waals surface area contributed by atoms with Crippen molar-refractivity contribution in [1.82, 2.24) is 4.98 Å². The Morgan fingerprint density at radius 1 is 1.20 bits per heavy atom. The second-order valence-electron chi connectivity index (χ2n) is 3.99. The van der Waals surface area contributed by atoms with Gasteiger partial charge in [0.2, 0.25) is 0 Å². The number of hydrogen-bond acceptors (Lipinski definition) is 1. The largest absolute Gasteiger partial charge is 0.416 e. The predicted molar refractivity (Wildman–Crippen MR) is 52.5 cm³/mol. The van der Waals surface area contributed by atoms with Crippen LogP contribution in [0.15, 0.2) is 18.5 Å². The van der Waals surface area contributed by atoms with Gasteiger partial charge in [0.15, 0.2) is 0 Å². The molecule has 1 unspecified atom stereocenters. The summed E-state index contributed by atoms with van der Waals surface area (Å²) in [7, 11) is 0. The van der Waals surface area contributed by atoms with Crippen molar-refractivity contribution < 1.29 is 13.2 Å². The monoisotopic (exact) mass is 217 g/mol. The zero-order valence-electron chi connectivity index (χ0n) is 8.97. The van der Waals surface area contributed by atoms with Crippen molar-refractivity contribution in [3.8, 4) is 0 Å². The number of nitrogens with zero attached hydrogens (tertiary/aromatic N) is 1. The number of hydrogen-bond donors (Lipinski definition) is 0. The van der Waals surface area contributed by atoms with Gasteiger partial charge in [-0.15, -0.1) is 0 Å². The molecule has 4 heteroatoms. The maximum absolute atomic E-state index is 12.6. The lowest BCUT2D eigenvalue weighted by atomic mass is 9.88. The van der Waals surface area contributed by atoms with Gasteiger partial charge in [0.25, 0.3) is 0 Å². The van der Waals surface area contributed by atoms with E-state index in [9.17, 15) is 13.2 Å². The predicted octanol–water partition coefficient (Wildman–Crippen LogP) is 3.86. The summed E-state index contributed by atoms with van der Waals surface area (Å²) in [5.41, 5.74) is -0.293. The fourth-order valence-corrected chi connectivity index (χ4v) is 1.39. The van der Waals surface area contributed by atoms with Crippen molar-refractivity contribution in [2.24, 2.45) is 5.92 Å². The van der Waals surface area contributed by atoms with E-state index in [-0.39, 0.29) is 17.4 Å². The second kappa shape index (κ2) is 4.21. The maximum Gasteiger partial charge on any atom is 0.416 e. The molecule has 0 fully saturated rings. The van der Waals surface area contributed by atoms with Crippen LogP contribution in [-0.2, 0) is 6.18 Å². The normalized spacial score (nSPS) is 14.3. The first-order valence-electron chi connectivity index (χ1n) is 4.85. The first-order chi connectivity index (χ1) is 6.84. The Morgan fingerprint density at radius 2 is 1.80 bits per heavy atom. The smallest absolute Gasteiger partial charge is 0.264 e. The minimum absolute atomic E-state index is 0.143. The molecule has 0 saturated carbocycles. The molecule has 0 spiro atoms. The Bertz CT molecular complexity index is 331. The highest BCUT2D eigenvalue weighted by Gasteiger charge is 2.34. The number of rotatable bonds is 2. The SMILES string of the molecule is CC(C)C(C)c1cnccc1C(F)(F)F. The summed E-state index contributed by atoms with van der Waals surface area (Å²) in [6.45, 7) is 5.59. The van der Waals surface area contributed by atoms with Crippen LogP contribution in [0, 0.1) is 5.92 Å². The Balaban J connectivity index is 3.18. The van der Waals surface area contributed by atoms with Crippen molar-refractivity contribution in [2.75, 3.05) is 0 Å². The lowest BCUT2D eigenvalue weighted by molar-refractivity contribution is -0.138. The Hall–Kier alpha value is -1.06. The molecule has 0 aromatic carbocycles. The van der Waals surface area contributed by atoms with Crippen LogP contribution in [0.1, 0.15) is 37.8 Å². The summed E-state index contributed by atoms with van der Waals surface area (Å²) in [5.74, 6) is 0.0191. The molecule has 1 aromatic heterocycles. The van der Waals surface area contributed by atoms with Crippen molar-refractivity contribution in [3.63, 3.8) is 0 Å². The summed E-state index contributed by atoms with van der Waals surface area (Å²) in [5, 5.41) is 0. The van der Waals surface area contributed by atoms with Gasteiger partial charge in [-0.25, -0.2) is 0 Å². The average Bonchev–Trinajstić information content (AvgIpc) is 2.15. The van der Waals surface area contributed by atoms with Crippen molar-refractivity contribution >= 4 is 0 Å². The Morgan fingerprint density at radius 3 is 2.27 bits per heavy atom. The fraction of sp³-hybridized carbons (Fsp3) is 0.545. The summed E-state index contributed by atoms with van der Waals surface area (Å²) < 4.78 is 37.9. The number of alkyl halides is 3. The van der Waals surface area contributed by atoms with E-state index in [4.69, 9.17) is 0 Å². The summed E-state index contributed by atoms with van der Waals surface area (Å²) >= 11 is 0. The molecule has 0 aliphatic carbocycles. The van der Waals surface area contributed by atoms with Crippen LogP contribution in [0.2, 0.25) is 0 Å². The zero-order valence-corrected chi connectivity index (χ0v) is 8.97. The van der Waals surface area contributed by atoms with E-state index in [1.807, 2.05) is 13.8 Å². The van der Waals surface area contributed by atoms with Crippen LogP contribution in [0.3, 0.4) is 0 Å². The molecule has 1 rings (SSSR count). The van der Waals surface area contributed by atoms with E-state index < -0.39 is 11.7 Å². The van der Waals surface area contributed by atoms with E-state index in [1.54, 1.807) is 6.92 Å². The highest BCUT2D eigenvalue weighted by Crippen LogP contribution is 2.36. The van der Waals surface area contributed by atoms with Gasteiger partial charge in [0.05, 0.1) is 5.56 Å². The molecule has 1 nitrogen and oxygen atoms in total. The van der Waals surface area contributed by atoms with Gasteiger partial charge in [-0.3, -0.25) is 4.98 Å². The van der Waals surface area contributed by atoms with Crippen molar-refractivity contribution in [2.45, 2.75) is 32.9 Å². The average molecular weight is 217 g/mol. The Labute approximate surface area is 87.3 Å². The molecular formula is C11H14F3N. The van der Waals surface area contributed by atoms with Gasteiger partial charge >= 0.3 is 6.18 Å². The maximum atomic E-state index is 12.6. The summed E-state index contributed by atoms with van der Waals surface area (Å²) in [6, 6.07) is 1.04. The molecule has 1 aromatic rings. The van der Waals surface area contributed by atoms with Gasteiger partial charge < -0.3 is 0 Å². The molecule has 0 N–H and O–H groups in total. The molecule has 1 atom stereocenters. The van der Waals surface area contributed by atoms with Crippen LogP contribution in [0.4, 0.5) is 13.2 Å². The summed E-state index contributed by atoms with van der Waals surface area (Å²) in [6.07, 6.45) is -1.80. The van der Waals surface area contributed by atoms with E-state index in [2.05, 4.69) is 4.98 Å². The van der Waals surface area contributed by atoms with E-state index in [0.717, 1.165) is 6.07 Å². The zero-order chi connectivity index (χ0) is 11.6. The second-order valence-corrected chi connectivity index (χ2v) is 3.99. The van der Waals surface area contributed by atoms with Gasteiger partial charge in [0.1, 0.15) is 0 Å². The van der Waals surface area contributed by atoms with Crippen LogP contribution in [-0.4, -0.2) is 4.98 Å². The molecule has 0 aliphatic heterocycles. The third-order valence-electron chi connectivity index (χ3n) is 2.65. The number of pyridine rings is 1. The summed E-state index contributed by atoms with van der Waals surface area (Å²) in [4.78, 5) is 3.76. The lowest BCUT2D eigenvalue weighted by Gasteiger charge is -2.20. The fourth-order valence-electron chi connectivity index (χ4n) is 1.39. The van der Waals surface area contributed by atoms with E-state index in [0.29, 0.717) is 0 Å². The first-order valence-corrected chi connectivity index (χ1v) is 4.85. The minimum Gasteiger partial charge on any atom is -0.264 e. The topological polar surface area (TPSA) is 12.9 Å². The van der Waals surface area contributed by atoms with E-state index in [1.165, 1.54) is 12.4 Å². The van der Waals surface area contributed by atoms with Gasteiger partial charge in [-0.2, -0.15) is 13.2 Å². The van der Waals surface area contributed by atoms with Crippen LogP contribution < -0.4 is 0 Å². The van der Waals surface area contributed by atoms with Crippen molar-refractivity contribution in [3.05, 3.63) is 29.6 Å². The highest BCUT2D eigenvalue weighted by molar-refractivity contribution is 5.29. The van der Waals surface area contributed by atoms with Crippen LogP contribution >= 0.6 is 0 Å². The quantitative estimate of drug-likeness (QED) is 0.733. The third-order valence-corrected chi connectivity index (χ3v) is 2.65. The molecule has 0 saturated heterocycles. The lowest BCUT2D eigenvalue weighted by Crippen LogP contribution is -2.13. The van der Waals surface area contributed by atoms with Gasteiger partial charge in [-0.1, -0.05) is 20.8 Å². The highest BCUT2D eigenvalue weighted by atomic mass is 19.4. The molecule has 84 valence electrons. The Kier molecular flexibility index (Phi) is 3.37. The van der Waals surface area contributed by atoms with Crippen LogP contribution in [0.5, 0.6) is 0 Å². The number of aromatic nitrogens is 1.